The van der Waals surface area contributed by atoms with Gasteiger partial charge in [-0.25, -0.2) is 4.98 Å². The molecule has 0 fully saturated rings. The fourth-order valence-electron chi connectivity index (χ4n) is 3.09. The van der Waals surface area contributed by atoms with Crippen LogP contribution >= 0.6 is 23.2 Å². The van der Waals surface area contributed by atoms with Crippen molar-refractivity contribution in [1.29, 1.82) is 0 Å². The van der Waals surface area contributed by atoms with Gasteiger partial charge in [-0.1, -0.05) is 71.7 Å². The largest absolute Gasteiger partial charge is 0.380 e. The van der Waals surface area contributed by atoms with Crippen LogP contribution in [0.5, 0.6) is 0 Å². The first-order chi connectivity index (χ1) is 12.6. The third kappa shape index (κ3) is 3.10. The van der Waals surface area contributed by atoms with E-state index in [-0.39, 0.29) is 0 Å². The zero-order valence-electron chi connectivity index (χ0n) is 13.8. The van der Waals surface area contributed by atoms with Crippen LogP contribution in [0.1, 0.15) is 23.1 Å². The van der Waals surface area contributed by atoms with Crippen LogP contribution in [-0.4, -0.2) is 14.7 Å². The van der Waals surface area contributed by atoms with Gasteiger partial charge in [0.15, 0.2) is 0 Å². The lowest BCUT2D eigenvalue weighted by molar-refractivity contribution is 0.206. The quantitative estimate of drug-likeness (QED) is 0.507. The molecule has 0 aliphatic rings. The summed E-state index contributed by atoms with van der Waals surface area (Å²) in [5.41, 5.74) is 3.34. The van der Waals surface area contributed by atoms with E-state index in [9.17, 15) is 5.11 Å². The van der Waals surface area contributed by atoms with Gasteiger partial charge in [-0.15, -0.1) is 0 Å². The third-order valence-electron chi connectivity index (χ3n) is 4.42. The summed E-state index contributed by atoms with van der Waals surface area (Å²) in [5, 5.41) is 12.1. The molecule has 4 aromatic rings. The Morgan fingerprint density at radius 1 is 0.846 bits per heavy atom. The Hall–Kier alpha value is -2.33. The maximum atomic E-state index is 10.9. The summed E-state index contributed by atoms with van der Waals surface area (Å²) in [6.07, 6.45) is -0.843. The molecule has 0 aliphatic heterocycles. The van der Waals surface area contributed by atoms with E-state index in [1.807, 2.05) is 77.4 Å². The van der Waals surface area contributed by atoms with Crippen molar-refractivity contribution >= 4 is 34.2 Å². The minimum Gasteiger partial charge on any atom is -0.380 e. The average Bonchev–Trinajstić information content (AvgIpc) is 3.03. The topological polar surface area (TPSA) is 38.1 Å². The van der Waals surface area contributed by atoms with Gasteiger partial charge in [0.2, 0.25) is 0 Å². The predicted octanol–water partition coefficient (Wildman–Crippen LogP) is 5.47. The Kier molecular flexibility index (Phi) is 4.68. The molecule has 3 aromatic carbocycles. The number of rotatable bonds is 4. The number of benzene rings is 3. The Bertz CT molecular complexity index is 1040. The fourth-order valence-corrected chi connectivity index (χ4v) is 3.61. The molecule has 4 rings (SSSR count). The number of aliphatic hydroxyl groups is 1. The van der Waals surface area contributed by atoms with Crippen LogP contribution in [0.2, 0.25) is 10.0 Å². The van der Waals surface area contributed by atoms with Crippen molar-refractivity contribution in [2.45, 2.75) is 12.6 Å². The van der Waals surface area contributed by atoms with Gasteiger partial charge in [-0.05, 0) is 29.8 Å². The highest BCUT2D eigenvalue weighted by Crippen LogP contribution is 2.30. The lowest BCUT2D eigenvalue weighted by Crippen LogP contribution is -2.11. The van der Waals surface area contributed by atoms with Crippen LogP contribution in [0.4, 0.5) is 0 Å². The number of para-hydroxylation sites is 2. The van der Waals surface area contributed by atoms with Crippen molar-refractivity contribution in [2.75, 3.05) is 0 Å². The van der Waals surface area contributed by atoms with E-state index in [0.29, 0.717) is 22.4 Å². The normalized spacial score (nSPS) is 12.4. The van der Waals surface area contributed by atoms with Crippen molar-refractivity contribution in [2.24, 2.45) is 0 Å². The first-order valence-corrected chi connectivity index (χ1v) is 9.02. The molecular weight excluding hydrogens is 367 g/mol. The van der Waals surface area contributed by atoms with Crippen molar-refractivity contribution < 1.29 is 5.11 Å². The van der Waals surface area contributed by atoms with E-state index in [4.69, 9.17) is 23.2 Å². The van der Waals surface area contributed by atoms with Gasteiger partial charge in [0, 0.05) is 15.6 Å². The maximum Gasteiger partial charge on any atom is 0.143 e. The molecule has 3 nitrogen and oxygen atoms in total. The smallest absolute Gasteiger partial charge is 0.143 e. The first kappa shape index (κ1) is 17.1. The van der Waals surface area contributed by atoms with Gasteiger partial charge < -0.3 is 9.67 Å². The van der Waals surface area contributed by atoms with Crippen LogP contribution in [-0.2, 0) is 6.54 Å². The van der Waals surface area contributed by atoms with E-state index in [1.54, 1.807) is 0 Å². The van der Waals surface area contributed by atoms with Gasteiger partial charge in [0.05, 0.1) is 17.6 Å². The monoisotopic (exact) mass is 382 g/mol. The second-order valence-electron chi connectivity index (χ2n) is 6.06. The van der Waals surface area contributed by atoms with Crippen LogP contribution in [0.3, 0.4) is 0 Å². The van der Waals surface area contributed by atoms with Crippen LogP contribution < -0.4 is 0 Å². The zero-order valence-corrected chi connectivity index (χ0v) is 15.3. The molecule has 5 heteroatoms. The molecule has 0 saturated carbocycles. The molecule has 0 bridgehead atoms. The fraction of sp³-hybridized carbons (Fsp3) is 0.0952. The van der Waals surface area contributed by atoms with Crippen molar-refractivity contribution in [3.63, 3.8) is 0 Å². The molecule has 1 unspecified atom stereocenters. The number of hydrogen-bond donors (Lipinski definition) is 1. The highest BCUT2D eigenvalue weighted by atomic mass is 35.5. The summed E-state index contributed by atoms with van der Waals surface area (Å²) in [5.74, 6) is 0.563. The van der Waals surface area contributed by atoms with Crippen LogP contribution in [0.15, 0.2) is 72.8 Å². The highest BCUT2D eigenvalue weighted by Gasteiger charge is 2.21. The lowest BCUT2D eigenvalue weighted by atomic mass is 10.1. The zero-order chi connectivity index (χ0) is 18.1. The highest BCUT2D eigenvalue weighted by molar-refractivity contribution is 6.36. The van der Waals surface area contributed by atoms with E-state index >= 15 is 0 Å². The molecule has 1 N–H and O–H groups in total. The van der Waals surface area contributed by atoms with Gasteiger partial charge >= 0.3 is 0 Å². The van der Waals surface area contributed by atoms with E-state index in [0.717, 1.165) is 22.2 Å². The second-order valence-corrected chi connectivity index (χ2v) is 6.87. The Morgan fingerprint density at radius 3 is 2.23 bits per heavy atom. The summed E-state index contributed by atoms with van der Waals surface area (Å²) < 4.78 is 1.97. The predicted molar refractivity (Wildman–Crippen MR) is 106 cm³/mol. The summed E-state index contributed by atoms with van der Waals surface area (Å²) in [6, 6.07) is 22.7. The molecule has 1 heterocycles. The molecule has 0 aliphatic carbocycles. The van der Waals surface area contributed by atoms with Gasteiger partial charge in [0.25, 0.3) is 0 Å². The van der Waals surface area contributed by atoms with Gasteiger partial charge in [-0.2, -0.15) is 0 Å². The van der Waals surface area contributed by atoms with E-state index in [2.05, 4.69) is 4.98 Å². The summed E-state index contributed by atoms with van der Waals surface area (Å²) >= 11 is 12.7. The van der Waals surface area contributed by atoms with Crippen molar-refractivity contribution in [1.82, 2.24) is 9.55 Å². The minimum atomic E-state index is -0.843. The summed E-state index contributed by atoms with van der Waals surface area (Å²) in [4.78, 5) is 4.67. The number of imidazole rings is 1. The Labute approximate surface area is 161 Å². The number of halogens is 2. The van der Waals surface area contributed by atoms with Crippen molar-refractivity contribution in [3.05, 3.63) is 99.8 Å². The first-order valence-electron chi connectivity index (χ1n) is 8.26. The Balaban J connectivity index is 1.87. The summed E-state index contributed by atoms with van der Waals surface area (Å²) in [6.45, 7) is 0.429. The number of fused-ring (bicyclic) bond motifs is 1. The maximum absolute atomic E-state index is 10.9. The molecular formula is C21H16Cl2N2O. The van der Waals surface area contributed by atoms with E-state index < -0.39 is 6.10 Å². The standard InChI is InChI=1S/C21H16Cl2N2O/c22-16-9-6-10-17(23)15(16)13-25-19-12-5-4-11-18(19)24-21(25)20(26)14-7-2-1-3-8-14/h1-12,20,26H,13H2. The van der Waals surface area contributed by atoms with Gasteiger partial charge in [-0.3, -0.25) is 0 Å². The molecule has 1 atom stereocenters. The third-order valence-corrected chi connectivity index (χ3v) is 5.13. The number of aromatic nitrogens is 2. The molecule has 130 valence electrons. The molecule has 0 radical (unpaired) electrons. The molecule has 0 spiro atoms. The molecule has 0 saturated heterocycles. The summed E-state index contributed by atoms with van der Waals surface area (Å²) in [7, 11) is 0. The van der Waals surface area contributed by atoms with E-state index in [1.165, 1.54) is 0 Å². The average molecular weight is 383 g/mol. The van der Waals surface area contributed by atoms with Crippen molar-refractivity contribution in [3.8, 4) is 0 Å². The van der Waals surface area contributed by atoms with Gasteiger partial charge in [0.1, 0.15) is 11.9 Å². The van der Waals surface area contributed by atoms with Crippen LogP contribution in [0, 0.1) is 0 Å². The number of aliphatic hydroxyl groups excluding tert-OH is 1. The van der Waals surface area contributed by atoms with Crippen LogP contribution in [0.25, 0.3) is 11.0 Å². The second kappa shape index (κ2) is 7.12. The lowest BCUT2D eigenvalue weighted by Gasteiger charge is -2.16. The number of hydrogen-bond acceptors (Lipinski definition) is 2. The number of nitrogens with zero attached hydrogens (tertiary/aromatic N) is 2. The SMILES string of the molecule is OC(c1ccccc1)c1nc2ccccc2n1Cc1c(Cl)cccc1Cl. The molecule has 0 amide bonds. The molecule has 26 heavy (non-hydrogen) atoms. The minimum absolute atomic E-state index is 0.429. The Morgan fingerprint density at radius 2 is 1.50 bits per heavy atom. The molecule has 1 aromatic heterocycles.